The van der Waals surface area contributed by atoms with Crippen LogP contribution in [0, 0.1) is 34.5 Å². The van der Waals surface area contributed by atoms with E-state index in [1.165, 1.54) is 6.92 Å². The SMILES string of the molecule is CC(=O)O[C@H]1CC(O[C@@H]2C(C)O[C@@H](O[C@H]3[C@@H](O)CC(O[C@H]4CCC5(C)C(CCC6[C@@H]5CCC5(C)[C@@H](C7=CC(=O)OC7)CCC65O)C4)O[C@@H]3C)C[C@@H]2O)O[C@H](C)[C@H]1O. The molecule has 0 radical (unpaired) electrons. The van der Waals surface area contributed by atoms with Crippen molar-refractivity contribution in [2.45, 2.75) is 204 Å². The molecule has 4 N–H and O–H groups in total. The first-order valence-electron chi connectivity index (χ1n) is 21.7. The topological polar surface area (TPSA) is 189 Å². The Kier molecular flexibility index (Phi) is 11.8. The summed E-state index contributed by atoms with van der Waals surface area (Å²) in [7, 11) is 0. The number of fused-ring (bicyclic) bond motifs is 5. The fourth-order valence-corrected chi connectivity index (χ4v) is 13.1. The van der Waals surface area contributed by atoms with Gasteiger partial charge in [-0.15, -0.1) is 0 Å². The number of ether oxygens (including phenoxy) is 8. The molecule has 14 heteroatoms. The van der Waals surface area contributed by atoms with Crippen LogP contribution in [0.15, 0.2) is 11.6 Å². The summed E-state index contributed by atoms with van der Waals surface area (Å²) in [5.74, 6) is 0.591. The molecule has 4 aliphatic carbocycles. The molecule has 3 saturated heterocycles. The lowest BCUT2D eigenvalue weighted by Crippen LogP contribution is -2.62. The van der Waals surface area contributed by atoms with Gasteiger partial charge in [0.2, 0.25) is 0 Å². The van der Waals surface area contributed by atoms with Crippen molar-refractivity contribution in [3.63, 3.8) is 0 Å². The Morgan fingerprint density at radius 3 is 2.00 bits per heavy atom. The Morgan fingerprint density at radius 1 is 0.754 bits per heavy atom. The van der Waals surface area contributed by atoms with Gasteiger partial charge in [0.25, 0.3) is 0 Å². The van der Waals surface area contributed by atoms with Gasteiger partial charge in [-0.2, -0.15) is 0 Å². The molecule has 7 fully saturated rings. The summed E-state index contributed by atoms with van der Waals surface area (Å²) in [4.78, 5) is 23.5. The molecule has 8 aliphatic rings. The molecule has 4 heterocycles. The number of carbonyl (C=O) groups excluding carboxylic acids is 2. The van der Waals surface area contributed by atoms with Crippen LogP contribution in [0.1, 0.15) is 119 Å². The number of aliphatic hydroxyl groups is 4. The summed E-state index contributed by atoms with van der Waals surface area (Å²) in [5, 5.41) is 45.4. The standard InChI is InChI=1S/C43H66O14/c1-21-38(48)33(54-24(4)44)19-37(51-21)57-40-23(3)53-36(18-32(40)46)56-39-22(2)52-35(17-31(39)45)55-27-9-12-41(5)26(16-27)7-8-30-29(41)10-13-42(6)28(11-14-43(30,42)49)25-15-34(47)50-20-25/h15,21-23,26-33,35-40,45-46,48-49H,7-14,16-20H2,1-6H3/t21-,22-,23?,26?,27+,28-,29+,30?,31+,32+,33+,35?,36+,37?,38-,39-,40-,41?,42?,43?/m1/s1. The summed E-state index contributed by atoms with van der Waals surface area (Å²) >= 11 is 0. The largest absolute Gasteiger partial charge is 0.459 e. The summed E-state index contributed by atoms with van der Waals surface area (Å²) in [6.07, 6.45) is 1.76. The number of cyclic esters (lactones) is 1. The van der Waals surface area contributed by atoms with Crippen molar-refractivity contribution in [1.29, 1.82) is 0 Å². The Morgan fingerprint density at radius 2 is 1.39 bits per heavy atom. The zero-order valence-electron chi connectivity index (χ0n) is 34.5. The monoisotopic (exact) mass is 806 g/mol. The second-order valence-electron chi connectivity index (χ2n) is 19.3. The number of esters is 2. The minimum Gasteiger partial charge on any atom is -0.459 e. The van der Waals surface area contributed by atoms with Gasteiger partial charge >= 0.3 is 11.9 Å². The maximum absolute atomic E-state index is 12.6. The van der Waals surface area contributed by atoms with Gasteiger partial charge in [-0.05, 0) is 113 Å². The van der Waals surface area contributed by atoms with Crippen LogP contribution in [0.5, 0.6) is 0 Å². The van der Waals surface area contributed by atoms with Crippen LogP contribution in [0.25, 0.3) is 0 Å². The van der Waals surface area contributed by atoms with Crippen LogP contribution >= 0.6 is 0 Å². The van der Waals surface area contributed by atoms with Crippen molar-refractivity contribution < 1.29 is 67.9 Å². The van der Waals surface area contributed by atoms with Crippen LogP contribution in [-0.2, 0) is 47.5 Å². The first-order chi connectivity index (χ1) is 27.0. The molecule has 8 rings (SSSR count). The molecular formula is C43H66O14. The first-order valence-corrected chi connectivity index (χ1v) is 21.7. The molecule has 0 aromatic heterocycles. The molecule has 20 atom stereocenters. The molecule has 322 valence electrons. The Balaban J connectivity index is 0.819. The van der Waals surface area contributed by atoms with Crippen molar-refractivity contribution in [3.05, 3.63) is 11.6 Å². The van der Waals surface area contributed by atoms with E-state index in [0.717, 1.165) is 63.4 Å². The maximum atomic E-state index is 12.6. The molecule has 0 amide bonds. The lowest BCUT2D eigenvalue weighted by molar-refractivity contribution is -0.336. The quantitative estimate of drug-likeness (QED) is 0.205. The first kappa shape index (κ1) is 42.0. The van der Waals surface area contributed by atoms with E-state index in [-0.39, 0.29) is 54.0 Å². The smallest absolute Gasteiger partial charge is 0.331 e. The van der Waals surface area contributed by atoms with Gasteiger partial charge in [-0.25, -0.2) is 4.79 Å². The minimum atomic E-state index is -0.992. The molecule has 4 aliphatic heterocycles. The summed E-state index contributed by atoms with van der Waals surface area (Å²) in [6, 6.07) is 0. The third kappa shape index (κ3) is 7.65. The molecule has 4 saturated carbocycles. The molecule has 57 heavy (non-hydrogen) atoms. The van der Waals surface area contributed by atoms with Gasteiger partial charge in [-0.3, -0.25) is 4.79 Å². The van der Waals surface area contributed by atoms with Crippen LogP contribution in [0.4, 0.5) is 0 Å². The fourth-order valence-electron chi connectivity index (χ4n) is 13.1. The zero-order chi connectivity index (χ0) is 40.6. The lowest BCUT2D eigenvalue weighted by Gasteiger charge is -2.64. The number of hydrogen-bond donors (Lipinski definition) is 4. The van der Waals surface area contributed by atoms with Gasteiger partial charge in [0.15, 0.2) is 18.9 Å². The molecule has 8 unspecified atom stereocenters. The predicted molar refractivity (Wildman–Crippen MR) is 201 cm³/mol. The Hall–Kier alpha value is -1.72. The van der Waals surface area contributed by atoms with E-state index < -0.39 is 85.4 Å². The summed E-state index contributed by atoms with van der Waals surface area (Å²) in [5.41, 5.74) is 0.189. The molecule has 0 bridgehead atoms. The van der Waals surface area contributed by atoms with Crippen molar-refractivity contribution in [2.24, 2.45) is 34.5 Å². The van der Waals surface area contributed by atoms with Gasteiger partial charge in [0, 0.05) is 37.7 Å². The number of rotatable bonds is 8. The third-order valence-electron chi connectivity index (χ3n) is 16.2. The van der Waals surface area contributed by atoms with Gasteiger partial charge in [0.05, 0.1) is 42.2 Å². The van der Waals surface area contributed by atoms with Crippen molar-refractivity contribution in [1.82, 2.24) is 0 Å². The van der Waals surface area contributed by atoms with Crippen LogP contribution in [-0.4, -0.2) is 124 Å². The highest BCUT2D eigenvalue weighted by Crippen LogP contribution is 2.70. The number of hydrogen-bond acceptors (Lipinski definition) is 14. The average Bonchev–Trinajstić information content (AvgIpc) is 3.69. The number of carbonyl (C=O) groups is 2. The summed E-state index contributed by atoms with van der Waals surface area (Å²) in [6.45, 7) is 11.7. The highest BCUT2D eigenvalue weighted by molar-refractivity contribution is 5.85. The molecule has 14 nitrogen and oxygen atoms in total. The zero-order valence-corrected chi connectivity index (χ0v) is 34.5. The van der Waals surface area contributed by atoms with E-state index in [0.29, 0.717) is 18.4 Å². The minimum absolute atomic E-state index is 0.0134. The lowest BCUT2D eigenvalue weighted by atomic mass is 9.43. The van der Waals surface area contributed by atoms with Crippen molar-refractivity contribution >= 4 is 11.9 Å². The molecule has 0 aromatic carbocycles. The van der Waals surface area contributed by atoms with Gasteiger partial charge in [-0.1, -0.05) is 13.8 Å². The van der Waals surface area contributed by atoms with Crippen LogP contribution in [0.2, 0.25) is 0 Å². The Labute approximate surface area is 336 Å². The molecule has 0 spiro atoms. The van der Waals surface area contributed by atoms with Crippen LogP contribution < -0.4 is 0 Å². The van der Waals surface area contributed by atoms with Crippen molar-refractivity contribution in [3.8, 4) is 0 Å². The van der Waals surface area contributed by atoms with Crippen LogP contribution in [0.3, 0.4) is 0 Å². The second kappa shape index (κ2) is 16.0. The van der Waals surface area contributed by atoms with Crippen molar-refractivity contribution in [2.75, 3.05) is 6.61 Å². The Bertz CT molecular complexity index is 1500. The van der Waals surface area contributed by atoms with Gasteiger partial charge in [0.1, 0.15) is 31.0 Å². The highest BCUT2D eigenvalue weighted by Gasteiger charge is 2.68. The van der Waals surface area contributed by atoms with E-state index in [1.54, 1.807) is 19.9 Å². The predicted octanol–water partition coefficient (Wildman–Crippen LogP) is 3.82. The normalized spacial score (nSPS) is 52.6. The van der Waals surface area contributed by atoms with E-state index >= 15 is 0 Å². The van der Waals surface area contributed by atoms with E-state index in [4.69, 9.17) is 37.9 Å². The third-order valence-corrected chi connectivity index (χ3v) is 16.2. The fraction of sp³-hybridized carbons (Fsp3) is 0.907. The van der Waals surface area contributed by atoms with Gasteiger partial charge < -0.3 is 58.3 Å². The number of aliphatic hydroxyl groups excluding tert-OH is 3. The second-order valence-corrected chi connectivity index (χ2v) is 19.3. The van der Waals surface area contributed by atoms with E-state index in [1.807, 2.05) is 6.92 Å². The average molecular weight is 807 g/mol. The van der Waals surface area contributed by atoms with E-state index in [9.17, 15) is 30.0 Å². The highest BCUT2D eigenvalue weighted by atomic mass is 16.7. The maximum Gasteiger partial charge on any atom is 0.331 e. The molecular weight excluding hydrogens is 740 g/mol. The molecule has 0 aromatic rings. The van der Waals surface area contributed by atoms with E-state index in [2.05, 4.69) is 13.8 Å². The summed E-state index contributed by atoms with van der Waals surface area (Å²) < 4.78 is 47.8.